The fourth-order valence-electron chi connectivity index (χ4n) is 5.66. The molecule has 0 bridgehead atoms. The molecule has 0 aliphatic carbocycles. The molecule has 4 aliphatic rings. The average molecular weight is 441 g/mol. The monoisotopic (exact) mass is 440 g/mol. The van der Waals surface area contributed by atoms with Crippen molar-refractivity contribution in [2.45, 2.75) is 51.2 Å². The molecule has 0 radical (unpaired) electrons. The number of β-amino-alcohol motifs (C(OH)–C–C–N with tert-alkyl or cyclic N) is 1. The van der Waals surface area contributed by atoms with Crippen LogP contribution in [0.4, 0.5) is 0 Å². The third-order valence-corrected chi connectivity index (χ3v) is 7.77. The SMILES string of the molecule is CC1Cc2cc([C@@H](O)CN3CCC4(CC3)CCN(C3=CC(=O)OC3)CC4)ccc2C(=O)O1. The molecule has 2 atom stereocenters. The maximum Gasteiger partial charge on any atom is 0.338 e. The van der Waals surface area contributed by atoms with E-state index in [0.717, 1.165) is 68.7 Å². The normalized spacial score (nSPS) is 26.4. The Kier molecular flexibility index (Phi) is 5.72. The Morgan fingerprint density at radius 3 is 2.53 bits per heavy atom. The fourth-order valence-corrected chi connectivity index (χ4v) is 5.66. The molecule has 4 aliphatic heterocycles. The molecular formula is C25H32N2O5. The largest absolute Gasteiger partial charge is 0.459 e. The Morgan fingerprint density at radius 2 is 1.84 bits per heavy atom. The highest BCUT2D eigenvalue weighted by atomic mass is 16.5. The lowest BCUT2D eigenvalue weighted by Crippen LogP contribution is -2.47. The van der Waals surface area contributed by atoms with E-state index < -0.39 is 6.10 Å². The Bertz CT molecular complexity index is 924. The molecule has 5 rings (SSSR count). The topological polar surface area (TPSA) is 79.3 Å². The molecule has 1 spiro atoms. The highest BCUT2D eigenvalue weighted by molar-refractivity contribution is 5.92. The first-order valence-corrected chi connectivity index (χ1v) is 11.8. The molecule has 2 saturated heterocycles. The van der Waals surface area contributed by atoms with E-state index in [0.29, 0.717) is 30.6 Å². The minimum absolute atomic E-state index is 0.120. The van der Waals surface area contributed by atoms with Crippen LogP contribution in [0.15, 0.2) is 30.0 Å². The predicted octanol–water partition coefficient (Wildman–Crippen LogP) is 2.44. The van der Waals surface area contributed by atoms with Crippen molar-refractivity contribution in [3.05, 3.63) is 46.7 Å². The van der Waals surface area contributed by atoms with Crippen molar-refractivity contribution in [2.24, 2.45) is 5.41 Å². The van der Waals surface area contributed by atoms with Crippen LogP contribution in [0.25, 0.3) is 0 Å². The quantitative estimate of drug-likeness (QED) is 0.721. The van der Waals surface area contributed by atoms with Gasteiger partial charge in [0.25, 0.3) is 0 Å². The van der Waals surface area contributed by atoms with Crippen LogP contribution < -0.4 is 0 Å². The Balaban J connectivity index is 1.14. The lowest BCUT2D eigenvalue weighted by atomic mass is 9.71. The fraction of sp³-hybridized carbons (Fsp3) is 0.600. The van der Waals surface area contributed by atoms with Crippen molar-refractivity contribution in [3.8, 4) is 0 Å². The molecule has 0 amide bonds. The number of piperidine rings is 2. The summed E-state index contributed by atoms with van der Waals surface area (Å²) >= 11 is 0. The summed E-state index contributed by atoms with van der Waals surface area (Å²) in [6, 6.07) is 5.62. The molecule has 1 aromatic carbocycles. The molecule has 1 N–H and O–H groups in total. The number of ether oxygens (including phenoxy) is 2. The number of benzene rings is 1. The Hall–Kier alpha value is -2.38. The zero-order chi connectivity index (χ0) is 22.3. The summed E-state index contributed by atoms with van der Waals surface area (Å²) < 4.78 is 10.4. The predicted molar refractivity (Wildman–Crippen MR) is 118 cm³/mol. The van der Waals surface area contributed by atoms with E-state index in [1.165, 1.54) is 0 Å². The van der Waals surface area contributed by atoms with Crippen LogP contribution in [0, 0.1) is 5.41 Å². The summed E-state index contributed by atoms with van der Waals surface area (Å²) in [5, 5.41) is 10.9. The van der Waals surface area contributed by atoms with Gasteiger partial charge < -0.3 is 24.4 Å². The number of hydrogen-bond acceptors (Lipinski definition) is 7. The molecule has 4 heterocycles. The highest BCUT2D eigenvalue weighted by Crippen LogP contribution is 2.42. The van der Waals surface area contributed by atoms with Crippen molar-refractivity contribution in [1.29, 1.82) is 0 Å². The number of hydrogen-bond donors (Lipinski definition) is 1. The Labute approximate surface area is 189 Å². The van der Waals surface area contributed by atoms with Gasteiger partial charge in [-0.1, -0.05) is 12.1 Å². The maximum atomic E-state index is 12.0. The van der Waals surface area contributed by atoms with Gasteiger partial charge in [0.15, 0.2) is 0 Å². The van der Waals surface area contributed by atoms with E-state index in [4.69, 9.17) is 9.47 Å². The molecule has 172 valence electrons. The first kappa shape index (κ1) is 21.5. The van der Waals surface area contributed by atoms with Crippen LogP contribution in [-0.2, 0) is 20.7 Å². The van der Waals surface area contributed by atoms with Crippen LogP contribution in [0.2, 0.25) is 0 Å². The molecular weight excluding hydrogens is 408 g/mol. The third kappa shape index (κ3) is 4.28. The third-order valence-electron chi connectivity index (χ3n) is 7.77. The second kappa shape index (κ2) is 8.52. The first-order valence-electron chi connectivity index (χ1n) is 11.8. The molecule has 7 nitrogen and oxygen atoms in total. The van der Waals surface area contributed by atoms with Crippen molar-refractivity contribution >= 4 is 11.9 Å². The molecule has 2 fully saturated rings. The van der Waals surface area contributed by atoms with Crippen LogP contribution in [0.5, 0.6) is 0 Å². The molecule has 32 heavy (non-hydrogen) atoms. The van der Waals surface area contributed by atoms with E-state index in [9.17, 15) is 14.7 Å². The second-order valence-corrected chi connectivity index (χ2v) is 9.88. The molecule has 1 aromatic rings. The standard InChI is InChI=1S/C25H32N2O5/c1-17-12-19-13-18(2-3-21(19)24(30)32-17)22(28)15-26-8-4-25(5-9-26)6-10-27(11-7-25)20-14-23(29)31-16-20/h2-3,13-14,17,22,28H,4-12,15-16H2,1H3/t17?,22-/m0/s1. The number of aliphatic hydroxyl groups is 1. The number of aliphatic hydroxyl groups excluding tert-OH is 1. The van der Waals surface area contributed by atoms with Crippen molar-refractivity contribution in [1.82, 2.24) is 9.80 Å². The van der Waals surface area contributed by atoms with E-state index >= 15 is 0 Å². The summed E-state index contributed by atoms with van der Waals surface area (Å²) in [5.74, 6) is -0.490. The van der Waals surface area contributed by atoms with Gasteiger partial charge in [0.05, 0.1) is 17.4 Å². The summed E-state index contributed by atoms with van der Waals surface area (Å²) in [5.41, 5.74) is 3.87. The van der Waals surface area contributed by atoms with E-state index in [2.05, 4.69) is 9.80 Å². The van der Waals surface area contributed by atoms with Gasteiger partial charge in [0, 0.05) is 32.1 Å². The minimum Gasteiger partial charge on any atom is -0.459 e. The van der Waals surface area contributed by atoms with Gasteiger partial charge in [-0.2, -0.15) is 0 Å². The van der Waals surface area contributed by atoms with E-state index in [1.807, 2.05) is 19.1 Å². The van der Waals surface area contributed by atoms with Crippen LogP contribution in [0.3, 0.4) is 0 Å². The number of cyclic esters (lactones) is 2. The summed E-state index contributed by atoms with van der Waals surface area (Å²) in [6.45, 7) is 6.90. The van der Waals surface area contributed by atoms with Crippen LogP contribution >= 0.6 is 0 Å². The van der Waals surface area contributed by atoms with Crippen LogP contribution in [-0.4, -0.2) is 72.3 Å². The van der Waals surface area contributed by atoms with Crippen LogP contribution in [0.1, 0.15) is 60.2 Å². The molecule has 1 unspecified atom stereocenters. The first-order chi connectivity index (χ1) is 15.4. The van der Waals surface area contributed by atoms with E-state index in [-0.39, 0.29) is 18.0 Å². The van der Waals surface area contributed by atoms with Gasteiger partial charge in [0.2, 0.25) is 0 Å². The summed E-state index contributed by atoms with van der Waals surface area (Å²) in [6.07, 6.45) is 6.24. The number of rotatable bonds is 4. The number of fused-ring (bicyclic) bond motifs is 1. The number of likely N-dealkylation sites (tertiary alicyclic amines) is 2. The van der Waals surface area contributed by atoms with Crippen molar-refractivity contribution < 1.29 is 24.2 Å². The number of nitrogens with zero attached hydrogens (tertiary/aromatic N) is 2. The van der Waals surface area contributed by atoms with Gasteiger partial charge in [-0.3, -0.25) is 0 Å². The van der Waals surface area contributed by atoms with Gasteiger partial charge in [-0.05, 0) is 68.3 Å². The highest BCUT2D eigenvalue weighted by Gasteiger charge is 2.38. The number of esters is 2. The zero-order valence-electron chi connectivity index (χ0n) is 18.7. The molecule has 0 saturated carbocycles. The lowest BCUT2D eigenvalue weighted by molar-refractivity contribution is -0.135. The zero-order valence-corrected chi connectivity index (χ0v) is 18.7. The summed E-state index contributed by atoms with van der Waals surface area (Å²) in [4.78, 5) is 28.0. The molecule has 0 aromatic heterocycles. The number of carbonyl (C=O) groups excluding carboxylic acids is 2. The van der Waals surface area contributed by atoms with Gasteiger partial charge >= 0.3 is 11.9 Å². The van der Waals surface area contributed by atoms with E-state index in [1.54, 1.807) is 12.1 Å². The lowest BCUT2D eigenvalue weighted by Gasteiger charge is -2.47. The minimum atomic E-state index is -0.559. The second-order valence-electron chi connectivity index (χ2n) is 9.88. The maximum absolute atomic E-state index is 12.0. The Morgan fingerprint density at radius 1 is 1.12 bits per heavy atom. The van der Waals surface area contributed by atoms with Gasteiger partial charge in [-0.25, -0.2) is 9.59 Å². The number of carbonyl (C=O) groups is 2. The summed E-state index contributed by atoms with van der Waals surface area (Å²) in [7, 11) is 0. The van der Waals surface area contributed by atoms with Crippen molar-refractivity contribution in [2.75, 3.05) is 39.3 Å². The smallest absolute Gasteiger partial charge is 0.338 e. The van der Waals surface area contributed by atoms with Gasteiger partial charge in [0.1, 0.15) is 12.7 Å². The average Bonchev–Trinajstić information content (AvgIpc) is 3.21. The van der Waals surface area contributed by atoms with Crippen molar-refractivity contribution in [3.63, 3.8) is 0 Å². The van der Waals surface area contributed by atoms with Gasteiger partial charge in [-0.15, -0.1) is 0 Å². The molecule has 7 heteroatoms.